The zero-order chi connectivity index (χ0) is 59.3. The molecule has 4 saturated heterocycles. The summed E-state index contributed by atoms with van der Waals surface area (Å²) in [5, 5.41) is 28.8. The number of carbonyl (C=O) groups excluding carboxylic acids is 8. The third-order valence-electron chi connectivity index (χ3n) is 18.6. The van der Waals surface area contributed by atoms with Crippen molar-refractivity contribution in [2.75, 3.05) is 36.4 Å². The smallest absolute Gasteiger partial charge is 0.342 e. The molecule has 0 spiro atoms. The van der Waals surface area contributed by atoms with Crippen LogP contribution in [-0.2, 0) is 52.7 Å². The summed E-state index contributed by atoms with van der Waals surface area (Å²) in [6.07, 6.45) is 5.50. The van der Waals surface area contributed by atoms with Crippen molar-refractivity contribution in [2.24, 2.45) is 10.8 Å². The number of nitrogens with one attached hydrogen (secondary N) is 3. The van der Waals surface area contributed by atoms with E-state index in [9.17, 15) is 51.5 Å². The van der Waals surface area contributed by atoms with Crippen molar-refractivity contribution in [1.82, 2.24) is 50.4 Å². The maximum Gasteiger partial charge on any atom is 0.403 e. The average Bonchev–Trinajstić information content (AvgIpc) is 4.20. The van der Waals surface area contributed by atoms with Crippen molar-refractivity contribution >= 4 is 96.1 Å². The molecule has 6 aliphatic heterocycles. The van der Waals surface area contributed by atoms with Gasteiger partial charge in [0.1, 0.15) is 11.5 Å². The highest BCUT2D eigenvalue weighted by molar-refractivity contribution is 9.10. The number of likely N-dealkylation sites (tertiary alicyclic amines) is 2. The van der Waals surface area contributed by atoms with Crippen LogP contribution < -0.4 is 20.9 Å². The van der Waals surface area contributed by atoms with Gasteiger partial charge in [-0.3, -0.25) is 53.9 Å². The fraction of sp³-hybridized carbons (Fsp3) is 0.467. The lowest BCUT2D eigenvalue weighted by molar-refractivity contribution is -0.199. The van der Waals surface area contributed by atoms with Gasteiger partial charge in [0, 0.05) is 95.2 Å². The van der Waals surface area contributed by atoms with Gasteiger partial charge in [-0.2, -0.15) is 13.2 Å². The summed E-state index contributed by atoms with van der Waals surface area (Å²) in [5.74, 6) is -1.94. The van der Waals surface area contributed by atoms with Gasteiger partial charge in [-0.1, -0.05) is 83.5 Å². The van der Waals surface area contributed by atoms with Crippen molar-refractivity contribution in [3.8, 4) is 0 Å². The molecular formula is C60H62BrF3N12O8. The maximum absolute atomic E-state index is 13.4. The third-order valence-corrected chi connectivity index (χ3v) is 19.5. The van der Waals surface area contributed by atoms with Crippen LogP contribution in [0.2, 0.25) is 0 Å². The molecule has 24 heteroatoms. The van der Waals surface area contributed by atoms with E-state index in [0.717, 1.165) is 88.5 Å². The van der Waals surface area contributed by atoms with E-state index in [1.165, 1.54) is 4.90 Å². The Hall–Kier alpha value is -7.89. The van der Waals surface area contributed by atoms with E-state index in [1.54, 1.807) is 15.6 Å². The van der Waals surface area contributed by atoms with Gasteiger partial charge in [0.15, 0.2) is 0 Å². The van der Waals surface area contributed by atoms with E-state index in [4.69, 9.17) is 0 Å². The van der Waals surface area contributed by atoms with Crippen molar-refractivity contribution in [2.45, 2.75) is 139 Å². The number of hydrogen-bond acceptors (Lipinski definition) is 12. The standard InChI is InChI=1S/C30H32N6O4.C25H24F3N5O2.C5H6BrNO2/c1-29(12-14-34(15-13-29)28(40)30(2)10-11-30)23-17-35(33-32-23)16-18-6-7-21-25-19(18)4-3-5-20(25)27(39)36(21)22-8-9-24(37)31-26(22)38;1-23(9-11-32(12-10-23)22(35)24(7-8-24)25(26,27)28)19-14-33(31-30-19)13-15-5-6-18-20-16(15)3-2-4-17(20)21(34)29-18;6-3-1-2-4(8)7-5(3)9/h3-7,17,22H,8-16H2,1-2H3,(H,31,37,38);2-6,14H,7-13H2,1H3,(H,29,34);3H,1-2H2,(H,7,8,9). The summed E-state index contributed by atoms with van der Waals surface area (Å²) in [5.41, 5.74) is 3.61. The Morgan fingerprint density at radius 1 is 0.619 bits per heavy atom. The fourth-order valence-electron chi connectivity index (χ4n) is 12.6. The van der Waals surface area contributed by atoms with Crippen molar-refractivity contribution in [3.63, 3.8) is 0 Å². The van der Waals surface area contributed by atoms with Gasteiger partial charge in [-0.15, -0.1) is 10.2 Å². The summed E-state index contributed by atoms with van der Waals surface area (Å²) >= 11 is 3.12. The topological polar surface area (TPSA) is 244 Å². The highest BCUT2D eigenvalue weighted by Crippen LogP contribution is 2.59. The first-order valence-corrected chi connectivity index (χ1v) is 29.4. The lowest BCUT2D eigenvalue weighted by Gasteiger charge is -2.39. The van der Waals surface area contributed by atoms with Crippen LogP contribution in [-0.4, -0.2) is 130 Å². The maximum atomic E-state index is 13.4. The highest BCUT2D eigenvalue weighted by atomic mass is 79.9. The number of nitrogens with zero attached hydrogens (tertiary/aromatic N) is 9. The predicted molar refractivity (Wildman–Crippen MR) is 304 cm³/mol. The van der Waals surface area contributed by atoms with Crippen LogP contribution >= 0.6 is 15.9 Å². The molecule has 8 amide bonds. The highest BCUT2D eigenvalue weighted by Gasteiger charge is 2.69. The minimum Gasteiger partial charge on any atom is -0.342 e. The van der Waals surface area contributed by atoms with Gasteiger partial charge in [0.25, 0.3) is 11.8 Å². The molecule has 6 aromatic rings. The molecular weight excluding hydrogens is 1150 g/mol. The van der Waals surface area contributed by atoms with E-state index in [-0.39, 0.29) is 83.0 Å². The van der Waals surface area contributed by atoms with Gasteiger partial charge >= 0.3 is 6.18 Å². The monoisotopic (exact) mass is 1210 g/mol. The minimum absolute atomic E-state index is 0.105. The first-order chi connectivity index (χ1) is 40.0. The normalized spacial score (nSPS) is 22.4. The summed E-state index contributed by atoms with van der Waals surface area (Å²) < 4.78 is 43.7. The van der Waals surface area contributed by atoms with Crippen molar-refractivity contribution in [3.05, 3.63) is 107 Å². The first-order valence-electron chi connectivity index (χ1n) is 28.5. The molecule has 2 aliphatic carbocycles. The predicted octanol–water partition coefficient (Wildman–Crippen LogP) is 7.38. The van der Waals surface area contributed by atoms with Crippen LogP contribution in [0.5, 0.6) is 0 Å². The lowest BCUT2D eigenvalue weighted by atomic mass is 9.77. The Balaban J connectivity index is 0.000000145. The number of benzene rings is 4. The largest absolute Gasteiger partial charge is 0.403 e. The van der Waals surface area contributed by atoms with Crippen LogP contribution in [0.1, 0.15) is 141 Å². The fourth-order valence-corrected chi connectivity index (χ4v) is 12.9. The number of halogens is 4. The van der Waals surface area contributed by atoms with E-state index < -0.39 is 29.4 Å². The molecule has 14 rings (SSSR count). The van der Waals surface area contributed by atoms with Crippen LogP contribution in [0, 0.1) is 10.8 Å². The zero-order valence-corrected chi connectivity index (χ0v) is 48.2. The van der Waals surface area contributed by atoms with Crippen LogP contribution in [0.25, 0.3) is 21.5 Å². The Morgan fingerprint density at radius 3 is 1.67 bits per heavy atom. The molecule has 2 atom stereocenters. The number of alkyl halides is 4. The molecule has 0 bridgehead atoms. The van der Waals surface area contributed by atoms with Crippen LogP contribution in [0.4, 0.5) is 24.5 Å². The van der Waals surface area contributed by atoms with E-state index in [2.05, 4.69) is 66.4 Å². The Bertz CT molecular complexity index is 3760. The van der Waals surface area contributed by atoms with E-state index in [1.807, 2.05) is 83.5 Å². The second kappa shape index (κ2) is 21.0. The molecule has 4 aromatic carbocycles. The number of rotatable bonds is 9. The van der Waals surface area contributed by atoms with Gasteiger partial charge in [0.05, 0.1) is 35.0 Å². The number of piperidine rings is 4. The van der Waals surface area contributed by atoms with Crippen molar-refractivity contribution in [1.29, 1.82) is 0 Å². The molecule has 0 radical (unpaired) electrons. The Labute approximate surface area is 488 Å². The third kappa shape index (κ3) is 10.2. The number of aromatic nitrogens is 6. The molecule has 8 heterocycles. The lowest BCUT2D eigenvalue weighted by Crippen LogP contribution is -2.53. The molecule has 438 valence electrons. The minimum atomic E-state index is -4.49. The van der Waals surface area contributed by atoms with E-state index >= 15 is 0 Å². The van der Waals surface area contributed by atoms with Crippen LogP contribution in [0.3, 0.4) is 0 Å². The molecule has 6 fully saturated rings. The SMILES string of the molecule is CC1(C(=O)N2CCC(C)(c3cn(Cc4ccc5c6c(cccc46)C(=O)N5C4CCC(=O)NC4=O)nn3)CC2)CC1.CC1(c2cn(Cc3ccc4c5c(cccc35)C(=O)N4)nn2)CCN(C(=O)C2(C(F)(F)F)CC2)CC1.O=C1CCC(Br)C(=O)N1. The van der Waals surface area contributed by atoms with Gasteiger partial charge in [-0.05, 0) is 110 Å². The van der Waals surface area contributed by atoms with Crippen LogP contribution in [0.15, 0.2) is 73.1 Å². The number of carbonyl (C=O) groups is 8. The summed E-state index contributed by atoms with van der Waals surface area (Å²) in [4.78, 5) is 101. The second-order valence-electron chi connectivity index (χ2n) is 24.4. The second-order valence-corrected chi connectivity index (χ2v) is 25.5. The molecule has 2 aromatic heterocycles. The molecule has 2 saturated carbocycles. The van der Waals surface area contributed by atoms with Gasteiger partial charge in [0.2, 0.25) is 35.4 Å². The summed E-state index contributed by atoms with van der Waals surface area (Å²) in [6.45, 7) is 9.28. The van der Waals surface area contributed by atoms with Crippen molar-refractivity contribution < 1.29 is 51.5 Å². The average molecular weight is 1220 g/mol. The Morgan fingerprint density at radius 2 is 1.14 bits per heavy atom. The molecule has 3 N–H and O–H groups in total. The van der Waals surface area contributed by atoms with Gasteiger partial charge in [-0.25, -0.2) is 9.36 Å². The number of hydrogen-bond donors (Lipinski definition) is 3. The number of imide groups is 2. The Kier molecular flexibility index (Phi) is 14.2. The van der Waals surface area contributed by atoms with E-state index in [0.29, 0.717) is 67.9 Å². The number of amides is 8. The summed E-state index contributed by atoms with van der Waals surface area (Å²) in [7, 11) is 0. The molecule has 8 aliphatic rings. The van der Waals surface area contributed by atoms with Gasteiger partial charge < -0.3 is 15.1 Å². The molecule has 20 nitrogen and oxygen atoms in total. The summed E-state index contributed by atoms with van der Waals surface area (Å²) in [6, 6.07) is 18.3. The molecule has 2 unspecified atom stereocenters. The zero-order valence-electron chi connectivity index (χ0n) is 46.6. The molecule has 84 heavy (non-hydrogen) atoms. The quantitative estimate of drug-likeness (QED) is 0.0949. The number of anilines is 2. The first kappa shape index (κ1) is 56.6.